The summed E-state index contributed by atoms with van der Waals surface area (Å²) in [6, 6.07) is 17.9. The molecular formula is C47H62N8O6Si. The van der Waals surface area contributed by atoms with Gasteiger partial charge in [-0.25, -0.2) is 19.6 Å². The maximum absolute atomic E-state index is 13.9. The summed E-state index contributed by atoms with van der Waals surface area (Å²) in [5.41, 5.74) is 4.42. The monoisotopic (exact) mass is 862 g/mol. The molecule has 4 heterocycles. The van der Waals surface area contributed by atoms with Crippen molar-refractivity contribution < 1.29 is 28.7 Å². The third kappa shape index (κ3) is 9.82. The van der Waals surface area contributed by atoms with E-state index in [9.17, 15) is 19.2 Å². The number of ether oxygens (including phenoxy) is 2. The fraction of sp³-hybridized carbons (Fsp3) is 0.489. The van der Waals surface area contributed by atoms with Crippen molar-refractivity contribution >= 4 is 53.9 Å². The number of fused-ring (bicyclic) bond motifs is 3. The number of hydrogen-bond donors (Lipinski definition) is 4. The van der Waals surface area contributed by atoms with Gasteiger partial charge in [0, 0.05) is 18.1 Å². The van der Waals surface area contributed by atoms with Crippen LogP contribution in [-0.2, 0) is 19.1 Å². The van der Waals surface area contributed by atoms with Crippen molar-refractivity contribution in [1.29, 1.82) is 0 Å². The summed E-state index contributed by atoms with van der Waals surface area (Å²) < 4.78 is 10.9. The number of benzene rings is 3. The summed E-state index contributed by atoms with van der Waals surface area (Å²) in [6.45, 7) is 19.7. The first-order valence-corrected chi connectivity index (χ1v) is 25.3. The van der Waals surface area contributed by atoms with E-state index in [1.165, 1.54) is 0 Å². The van der Waals surface area contributed by atoms with Gasteiger partial charge < -0.3 is 39.9 Å². The van der Waals surface area contributed by atoms with Crippen molar-refractivity contribution in [2.45, 2.75) is 136 Å². The number of likely N-dealkylation sites (tertiary alicyclic amines) is 1. The smallest absolute Gasteiger partial charge is 0.408 e. The van der Waals surface area contributed by atoms with E-state index in [0.29, 0.717) is 25.6 Å². The molecule has 0 spiro atoms. The van der Waals surface area contributed by atoms with E-state index in [0.717, 1.165) is 74.7 Å². The summed E-state index contributed by atoms with van der Waals surface area (Å²) in [5, 5.41) is 7.68. The molecule has 0 unspecified atom stereocenters. The van der Waals surface area contributed by atoms with Crippen LogP contribution in [0.5, 0.6) is 0 Å². The zero-order chi connectivity index (χ0) is 44.7. The van der Waals surface area contributed by atoms with Gasteiger partial charge in [0.25, 0.3) is 0 Å². The topological polar surface area (TPSA) is 175 Å². The molecule has 2 saturated heterocycles. The normalized spacial score (nSPS) is 18.8. The number of H-pyrrole nitrogens is 2. The molecule has 2 aromatic heterocycles. The van der Waals surface area contributed by atoms with Crippen LogP contribution in [0, 0.1) is 0 Å². The third-order valence-electron chi connectivity index (χ3n) is 11.6. The second-order valence-corrected chi connectivity index (χ2v) is 24.6. The van der Waals surface area contributed by atoms with Crippen molar-refractivity contribution in [2.75, 3.05) is 12.7 Å². The van der Waals surface area contributed by atoms with E-state index in [-0.39, 0.29) is 23.9 Å². The minimum Gasteiger partial charge on any atom is -0.444 e. The van der Waals surface area contributed by atoms with E-state index in [1.807, 2.05) is 35.9 Å². The number of rotatable bonds is 10. The Balaban J connectivity index is 1.05. The van der Waals surface area contributed by atoms with E-state index >= 15 is 0 Å². The second-order valence-electron chi connectivity index (χ2n) is 19.5. The fourth-order valence-corrected chi connectivity index (χ4v) is 11.6. The summed E-state index contributed by atoms with van der Waals surface area (Å²) in [7, 11) is -1.76. The molecule has 4 amide bonds. The van der Waals surface area contributed by atoms with Crippen LogP contribution in [0.15, 0.2) is 60.8 Å². The largest absolute Gasteiger partial charge is 0.444 e. The molecule has 7 rings (SSSR count). The van der Waals surface area contributed by atoms with Gasteiger partial charge in [0.05, 0.1) is 43.1 Å². The number of carbonyl (C=O) groups is 4. The maximum atomic E-state index is 13.9. The third-order valence-corrected chi connectivity index (χ3v) is 14.3. The Bertz CT molecular complexity index is 2460. The maximum Gasteiger partial charge on any atom is 0.408 e. The summed E-state index contributed by atoms with van der Waals surface area (Å²) in [5.74, 6) is 1.24. The lowest BCUT2D eigenvalue weighted by molar-refractivity contribution is -0.135. The number of aromatic amines is 2. The quantitative estimate of drug-likeness (QED) is 0.101. The zero-order valence-corrected chi connectivity index (χ0v) is 38.8. The number of alkyl carbamates (subject to hydrolysis) is 2. The lowest BCUT2D eigenvalue weighted by Crippen LogP contribution is -2.50. The molecule has 330 valence electrons. The fourth-order valence-electron chi connectivity index (χ4n) is 8.70. The Hall–Kier alpha value is -5.70. The minimum absolute atomic E-state index is 0.114. The van der Waals surface area contributed by atoms with Crippen molar-refractivity contribution in [2.24, 2.45) is 0 Å². The highest BCUT2D eigenvalue weighted by molar-refractivity contribution is 6.78. The van der Waals surface area contributed by atoms with Gasteiger partial charge >= 0.3 is 12.2 Å². The molecule has 0 saturated carbocycles. The molecule has 2 fully saturated rings. The Morgan fingerprint density at radius 2 is 1.37 bits per heavy atom. The molecular weight excluding hydrogens is 801 g/mol. The lowest BCUT2D eigenvalue weighted by Gasteiger charge is -2.29. The van der Waals surface area contributed by atoms with Crippen molar-refractivity contribution in [1.82, 2.24) is 40.4 Å². The molecule has 14 nitrogen and oxygen atoms in total. The van der Waals surface area contributed by atoms with Gasteiger partial charge in [0.15, 0.2) is 0 Å². The number of amides is 4. The zero-order valence-electron chi connectivity index (χ0n) is 37.8. The van der Waals surface area contributed by atoms with Gasteiger partial charge in [-0.1, -0.05) is 69.4 Å². The molecule has 3 aromatic carbocycles. The van der Waals surface area contributed by atoms with Gasteiger partial charge in [0.2, 0.25) is 11.8 Å². The summed E-state index contributed by atoms with van der Waals surface area (Å²) >= 11 is 0. The van der Waals surface area contributed by atoms with Crippen LogP contribution in [0.25, 0.3) is 44.2 Å². The van der Waals surface area contributed by atoms with Crippen LogP contribution in [0.3, 0.4) is 0 Å². The van der Waals surface area contributed by atoms with Crippen LogP contribution < -0.4 is 10.6 Å². The van der Waals surface area contributed by atoms with Gasteiger partial charge in [-0.2, -0.15) is 0 Å². The predicted molar refractivity (Wildman–Crippen MR) is 244 cm³/mol. The van der Waals surface area contributed by atoms with E-state index in [2.05, 4.69) is 82.2 Å². The number of nitrogens with one attached hydrogen (secondary N) is 4. The molecule has 0 radical (unpaired) electrons. The molecule has 62 heavy (non-hydrogen) atoms. The van der Waals surface area contributed by atoms with Gasteiger partial charge in [-0.15, -0.1) is 0 Å². The predicted octanol–water partition coefficient (Wildman–Crippen LogP) is 9.17. The minimum atomic E-state index is -1.76. The molecule has 0 bridgehead atoms. The van der Waals surface area contributed by atoms with Crippen molar-refractivity contribution in [3.63, 3.8) is 0 Å². The number of imidazole rings is 2. The molecule has 0 aliphatic carbocycles. The molecule has 4 N–H and O–H groups in total. The van der Waals surface area contributed by atoms with Crippen LogP contribution in [0.4, 0.5) is 9.59 Å². The highest BCUT2D eigenvalue weighted by Crippen LogP contribution is 2.39. The molecule has 5 aromatic rings. The Morgan fingerprint density at radius 3 is 1.98 bits per heavy atom. The molecule has 2 aliphatic heterocycles. The molecule has 15 heteroatoms. The average molecular weight is 863 g/mol. The Labute approximate surface area is 364 Å². The second kappa shape index (κ2) is 17.2. The summed E-state index contributed by atoms with van der Waals surface area (Å²) in [6.07, 6.45) is 3.84. The van der Waals surface area contributed by atoms with Crippen LogP contribution in [-0.4, -0.2) is 97.8 Å². The van der Waals surface area contributed by atoms with E-state index in [1.54, 1.807) is 41.5 Å². The van der Waals surface area contributed by atoms with Gasteiger partial charge in [0.1, 0.15) is 34.9 Å². The van der Waals surface area contributed by atoms with Crippen LogP contribution in [0.2, 0.25) is 19.1 Å². The van der Waals surface area contributed by atoms with Crippen molar-refractivity contribution in [3.05, 3.63) is 72.4 Å². The van der Waals surface area contributed by atoms with Gasteiger partial charge in [-0.3, -0.25) is 9.59 Å². The van der Waals surface area contributed by atoms with E-state index < -0.39 is 43.5 Å². The number of carbonyl (C=O) groups excluding carboxylic acids is 4. The molecule has 2 aliphatic rings. The van der Waals surface area contributed by atoms with E-state index in [4.69, 9.17) is 19.4 Å². The van der Waals surface area contributed by atoms with Crippen molar-refractivity contribution in [3.8, 4) is 22.4 Å². The number of hydrogen-bond acceptors (Lipinski definition) is 8. The van der Waals surface area contributed by atoms with Gasteiger partial charge in [-0.05, 0) is 107 Å². The first kappa shape index (κ1) is 44.4. The average Bonchev–Trinajstić information content (AvgIpc) is 4.02. The Kier molecular flexibility index (Phi) is 12.3. The number of aromatic nitrogens is 4. The lowest BCUT2D eigenvalue weighted by atomic mass is 9.99. The highest BCUT2D eigenvalue weighted by Gasteiger charge is 2.45. The summed E-state index contributed by atoms with van der Waals surface area (Å²) in [4.78, 5) is 73.4. The number of nitrogens with zero attached hydrogens (tertiary/aromatic N) is 4. The SMILES string of the molecule is CC[C@H](NC(=O)OC(C)(C)C)C(=O)N1C[Si](C)(C)C[C@H]1c1ncc(-c2ccc(-c3ccc4c(ccc5nc([C@@H]6CCCN6C(=O)[C@H](CC)NC(=O)OC(C)(C)C)[nH]c54)c3)cc2)[nH]1. The standard InChI is InChI=1S/C47H62N8O6Si/c1-11-33(51-44(58)60-46(3,4)5)42(56)54-23-13-14-37(54)41-49-35-22-20-31-24-30(19-21-32(31)39(35)53-41)28-15-17-29(18-16-28)36-25-48-40(50-36)38-26-62(9,10)27-55(38)43(57)34(12-2)52-45(59)61-47(6,7)8/h15-22,24-25,33-34,37-38H,11-14,23,26-27H2,1-10H3,(H,48,50)(H,49,53)(H,51,58)(H,52,59)/t33-,34-,37-,38-/m0/s1. The molecule has 4 atom stereocenters. The first-order valence-electron chi connectivity index (χ1n) is 21.9. The highest BCUT2D eigenvalue weighted by atomic mass is 28.3. The first-order chi connectivity index (χ1) is 29.2. The van der Waals surface area contributed by atoms with Crippen LogP contribution >= 0.6 is 0 Å². The van der Waals surface area contributed by atoms with Crippen LogP contribution in [0.1, 0.15) is 105 Å². The Morgan fingerprint density at radius 1 is 0.774 bits per heavy atom.